The van der Waals surface area contributed by atoms with E-state index in [9.17, 15) is 9.59 Å². The first kappa shape index (κ1) is 18.1. The van der Waals surface area contributed by atoms with Gasteiger partial charge in [-0.05, 0) is 0 Å². The number of guanidine groups is 2. The number of nitrogens with one attached hydrogen (secondary N) is 2. The second-order valence-electron chi connectivity index (χ2n) is 6.36. The maximum absolute atomic E-state index is 11.8. The maximum atomic E-state index is 11.8. The number of ether oxygens (including phenoxy) is 2. The largest absolute Gasteiger partial charge is 0.370 e. The summed E-state index contributed by atoms with van der Waals surface area (Å²) >= 11 is 0. The summed E-state index contributed by atoms with van der Waals surface area (Å²) in [7, 11) is 0. The van der Waals surface area contributed by atoms with Crippen molar-refractivity contribution >= 4 is 36.4 Å². The van der Waals surface area contributed by atoms with Crippen LogP contribution in [-0.2, 0) is 19.1 Å². The number of nitrogens with zero attached hydrogens (tertiary/aromatic N) is 6. The van der Waals surface area contributed by atoms with Crippen molar-refractivity contribution in [2.45, 2.75) is 24.4 Å². The lowest BCUT2D eigenvalue weighted by Gasteiger charge is -2.28. The second-order valence-corrected chi connectivity index (χ2v) is 6.36. The van der Waals surface area contributed by atoms with Crippen LogP contribution in [0, 0.1) is 0 Å². The molecule has 4 heterocycles. The second kappa shape index (κ2) is 7.40. The molecular formula is C14H20N10O4. The quantitative estimate of drug-likeness (QED) is 0.315. The molecular weight excluding hydrogens is 372 g/mol. The van der Waals surface area contributed by atoms with Crippen molar-refractivity contribution in [3.05, 3.63) is 0 Å². The number of rotatable bonds is 7. The van der Waals surface area contributed by atoms with Gasteiger partial charge in [-0.25, -0.2) is 9.98 Å². The van der Waals surface area contributed by atoms with Crippen LogP contribution >= 0.6 is 0 Å². The van der Waals surface area contributed by atoms with E-state index in [-0.39, 0.29) is 37.2 Å². The Morgan fingerprint density at radius 2 is 1.29 bits per heavy atom. The number of carbonyl (C=O) groups is 2. The Morgan fingerprint density at radius 1 is 0.857 bits per heavy atom. The third-order valence-corrected chi connectivity index (χ3v) is 4.43. The molecule has 0 spiro atoms. The fourth-order valence-corrected chi connectivity index (χ4v) is 3.09. The van der Waals surface area contributed by atoms with E-state index in [4.69, 9.17) is 20.9 Å². The Bertz CT molecular complexity index is 716. The van der Waals surface area contributed by atoms with Gasteiger partial charge in [0, 0.05) is 0 Å². The summed E-state index contributed by atoms with van der Waals surface area (Å²) in [6, 6.07) is -1.23. The molecule has 4 rings (SSSR count). The zero-order valence-electron chi connectivity index (χ0n) is 14.8. The number of fused-ring (bicyclic) bond motifs is 2. The normalized spacial score (nSPS) is 30.6. The summed E-state index contributed by atoms with van der Waals surface area (Å²) in [6.07, 6.45) is 2.06. The summed E-state index contributed by atoms with van der Waals surface area (Å²) in [4.78, 5) is 43.5. The third kappa shape index (κ3) is 3.46. The molecule has 0 saturated heterocycles. The number of hydrogen-bond donors (Lipinski definition) is 4. The first-order valence-corrected chi connectivity index (χ1v) is 8.55. The summed E-state index contributed by atoms with van der Waals surface area (Å²) in [5.41, 5.74) is 11.2. The molecule has 0 aliphatic carbocycles. The van der Waals surface area contributed by atoms with Gasteiger partial charge < -0.3 is 30.7 Å². The van der Waals surface area contributed by atoms with Crippen LogP contribution in [-0.4, -0.2) is 97.3 Å². The molecule has 14 nitrogen and oxygen atoms in total. The van der Waals surface area contributed by atoms with E-state index in [1.54, 1.807) is 9.80 Å². The van der Waals surface area contributed by atoms with Gasteiger partial charge in [-0.3, -0.25) is 30.2 Å². The van der Waals surface area contributed by atoms with Crippen molar-refractivity contribution in [1.29, 1.82) is 0 Å². The highest BCUT2D eigenvalue weighted by Gasteiger charge is 2.40. The van der Waals surface area contributed by atoms with Gasteiger partial charge >= 0.3 is 0 Å². The van der Waals surface area contributed by atoms with Gasteiger partial charge in [0.25, 0.3) is 11.8 Å². The minimum atomic E-state index is -0.616. The van der Waals surface area contributed by atoms with Crippen LogP contribution in [0.15, 0.2) is 20.0 Å². The lowest BCUT2D eigenvalue weighted by atomic mass is 10.2. The molecule has 0 bridgehead atoms. The predicted molar refractivity (Wildman–Crippen MR) is 97.0 cm³/mol. The third-order valence-electron chi connectivity index (χ3n) is 4.43. The van der Waals surface area contributed by atoms with Gasteiger partial charge in [0.1, 0.15) is 13.5 Å². The topological polar surface area (TPSA) is 185 Å². The average Bonchev–Trinajstić information content (AvgIpc) is 3.22. The number of amides is 2. The van der Waals surface area contributed by atoms with Crippen LogP contribution in [0.25, 0.3) is 0 Å². The van der Waals surface area contributed by atoms with Gasteiger partial charge in [0.2, 0.25) is 0 Å². The Morgan fingerprint density at radius 3 is 1.71 bits per heavy atom. The minimum Gasteiger partial charge on any atom is -0.370 e. The molecule has 0 saturated carbocycles. The van der Waals surface area contributed by atoms with Crippen LogP contribution in [0.4, 0.5) is 0 Å². The Hall–Kier alpha value is -3.26. The molecule has 4 aliphatic rings. The number of nitrogens with two attached hydrogens (primary N) is 2. The zero-order valence-corrected chi connectivity index (χ0v) is 14.8. The van der Waals surface area contributed by atoms with Crippen LogP contribution in [0.3, 0.4) is 0 Å². The smallest absolute Gasteiger partial charge is 0.255 e. The van der Waals surface area contributed by atoms with Crippen LogP contribution in [0.1, 0.15) is 0 Å². The number of aliphatic imine (C=N–C) groups is 4. The fourth-order valence-electron chi connectivity index (χ4n) is 3.09. The summed E-state index contributed by atoms with van der Waals surface area (Å²) in [5.74, 6) is -0.444. The summed E-state index contributed by atoms with van der Waals surface area (Å²) in [5, 5.41) is 4.87. The summed E-state index contributed by atoms with van der Waals surface area (Å²) in [6.45, 7) is 0.986. The maximum Gasteiger partial charge on any atom is 0.255 e. The van der Waals surface area contributed by atoms with E-state index in [0.717, 1.165) is 0 Å². The molecule has 2 amide bonds. The molecule has 14 heteroatoms. The molecule has 150 valence electrons. The van der Waals surface area contributed by atoms with Crippen molar-refractivity contribution in [2.75, 3.05) is 26.7 Å². The molecule has 0 aromatic rings. The van der Waals surface area contributed by atoms with Crippen LogP contribution < -0.4 is 22.1 Å². The highest BCUT2D eigenvalue weighted by Crippen LogP contribution is 2.18. The van der Waals surface area contributed by atoms with Crippen LogP contribution in [0.2, 0.25) is 0 Å². The molecule has 0 fully saturated rings. The van der Waals surface area contributed by atoms with Crippen molar-refractivity contribution in [2.24, 2.45) is 31.4 Å². The minimum absolute atomic E-state index is 0.0651. The van der Waals surface area contributed by atoms with Gasteiger partial charge in [-0.1, -0.05) is 0 Å². The van der Waals surface area contributed by atoms with E-state index < -0.39 is 24.4 Å². The summed E-state index contributed by atoms with van der Waals surface area (Å²) < 4.78 is 11.1. The molecule has 28 heavy (non-hydrogen) atoms. The van der Waals surface area contributed by atoms with Gasteiger partial charge in [-0.2, -0.15) is 0 Å². The van der Waals surface area contributed by atoms with E-state index >= 15 is 0 Å². The highest BCUT2D eigenvalue weighted by molar-refractivity contribution is 6.03. The molecule has 4 atom stereocenters. The lowest BCUT2D eigenvalue weighted by Crippen LogP contribution is -2.54. The average molecular weight is 392 g/mol. The van der Waals surface area contributed by atoms with E-state index in [0.29, 0.717) is 13.2 Å². The van der Waals surface area contributed by atoms with E-state index in [1.165, 1.54) is 12.7 Å². The Labute approximate surface area is 159 Å². The molecule has 6 N–H and O–H groups in total. The van der Waals surface area contributed by atoms with Crippen molar-refractivity contribution in [1.82, 2.24) is 20.4 Å². The first-order valence-electron chi connectivity index (χ1n) is 8.55. The van der Waals surface area contributed by atoms with Gasteiger partial charge in [0.15, 0.2) is 36.3 Å². The van der Waals surface area contributed by atoms with Crippen molar-refractivity contribution < 1.29 is 19.1 Å². The van der Waals surface area contributed by atoms with Gasteiger partial charge in [-0.15, -0.1) is 0 Å². The highest BCUT2D eigenvalue weighted by atomic mass is 16.5. The SMILES string of the molecule is NC1=NC2C(N=CN2COCCOCN2C=NC3C(=O)NC(N)=NC32)C(=O)N1. The van der Waals surface area contributed by atoms with Crippen molar-refractivity contribution in [3.63, 3.8) is 0 Å². The molecule has 4 unspecified atom stereocenters. The molecule has 0 aromatic carbocycles. The molecule has 0 radical (unpaired) electrons. The number of carbonyl (C=O) groups excluding carboxylic acids is 2. The number of hydrogen-bond acceptors (Lipinski definition) is 12. The Kier molecular flexibility index (Phi) is 4.79. The van der Waals surface area contributed by atoms with E-state index in [1.807, 2.05) is 0 Å². The Balaban J connectivity index is 1.17. The van der Waals surface area contributed by atoms with E-state index in [2.05, 4.69) is 30.6 Å². The first-order chi connectivity index (χ1) is 13.5. The standard InChI is InChI=1S/C14H20N10O4/c15-13-19-9-7(11(25)21-13)17-3-23(9)5-27-1-2-28-6-24-4-18-8-10(24)20-14(16)22-12(8)26/h3-4,7-10H,1-2,5-6H2,(H3,15,19,21,25)(H3,16,20,22,26). The zero-order chi connectivity index (χ0) is 19.7. The van der Waals surface area contributed by atoms with Gasteiger partial charge in [0.05, 0.1) is 25.9 Å². The molecule has 0 aromatic heterocycles. The van der Waals surface area contributed by atoms with Crippen LogP contribution in [0.5, 0.6) is 0 Å². The fraction of sp³-hybridized carbons (Fsp3) is 0.571. The lowest BCUT2D eigenvalue weighted by molar-refractivity contribution is -0.123. The monoisotopic (exact) mass is 392 g/mol. The molecule has 4 aliphatic heterocycles. The van der Waals surface area contributed by atoms with Crippen molar-refractivity contribution in [3.8, 4) is 0 Å². The predicted octanol–water partition coefficient (Wildman–Crippen LogP) is -4.10.